The van der Waals surface area contributed by atoms with Crippen LogP contribution < -0.4 is 10.6 Å². The lowest BCUT2D eigenvalue weighted by Crippen LogP contribution is -2.41. The molecule has 2 aromatic rings. The minimum Gasteiger partial charge on any atom is -0.508 e. The molecule has 2 rings (SSSR count). The smallest absolute Gasteiger partial charge is 0.119 e. The quantitative estimate of drug-likeness (QED) is 0.372. The van der Waals surface area contributed by atoms with Gasteiger partial charge in [0.2, 0.25) is 0 Å². The first kappa shape index (κ1) is 24.8. The van der Waals surface area contributed by atoms with Gasteiger partial charge in [-0.25, -0.2) is 0 Å². The van der Waals surface area contributed by atoms with Gasteiger partial charge in [0.15, 0.2) is 0 Å². The van der Waals surface area contributed by atoms with E-state index in [0.29, 0.717) is 24.2 Å². The summed E-state index contributed by atoms with van der Waals surface area (Å²) in [4.78, 5) is 0. The molecule has 0 spiro atoms. The van der Waals surface area contributed by atoms with Crippen molar-refractivity contribution in [2.24, 2.45) is 0 Å². The molecule has 2 unspecified atom stereocenters. The Bertz CT molecular complexity index is 759. The second kappa shape index (κ2) is 9.77. The highest BCUT2D eigenvalue weighted by Crippen LogP contribution is 2.33. The van der Waals surface area contributed by atoms with Gasteiger partial charge in [-0.15, -0.1) is 0 Å². The fourth-order valence-electron chi connectivity index (χ4n) is 3.09. The molecule has 2 aromatic carbocycles. The van der Waals surface area contributed by atoms with Crippen LogP contribution in [0.25, 0.3) is 0 Å². The van der Waals surface area contributed by atoms with E-state index in [-0.39, 0.29) is 34.1 Å². The van der Waals surface area contributed by atoms with E-state index in [4.69, 9.17) is 4.74 Å². The molecule has 0 bridgehead atoms. The van der Waals surface area contributed by atoms with Crippen LogP contribution in [0.1, 0.15) is 64.9 Å². The first-order valence-electron chi connectivity index (χ1n) is 10.4. The molecule has 0 aliphatic heterocycles. The fourth-order valence-corrected chi connectivity index (χ4v) is 3.09. The van der Waals surface area contributed by atoms with Crippen molar-refractivity contribution in [3.63, 3.8) is 0 Å². The molecule has 0 saturated heterocycles. The number of rotatable bonds is 8. The number of hydrogen-bond donors (Lipinski definition) is 6. The Morgan fingerprint density at radius 2 is 0.903 bits per heavy atom. The van der Waals surface area contributed by atoms with Crippen molar-refractivity contribution in [2.45, 2.75) is 64.8 Å². The lowest BCUT2D eigenvalue weighted by Gasteiger charge is -2.31. The van der Waals surface area contributed by atoms with Crippen molar-refractivity contribution in [3.8, 4) is 23.0 Å². The minimum absolute atomic E-state index is 0.0567. The van der Waals surface area contributed by atoms with Crippen LogP contribution in [-0.2, 0) is 4.74 Å². The second-order valence-corrected chi connectivity index (χ2v) is 9.94. The van der Waals surface area contributed by atoms with E-state index in [0.717, 1.165) is 0 Å². The number of hydrogen-bond acceptors (Lipinski definition) is 7. The minimum atomic E-state index is -0.520. The van der Waals surface area contributed by atoms with Crippen LogP contribution in [0.4, 0.5) is 0 Å². The molecular weight excluding hydrogens is 396 g/mol. The van der Waals surface area contributed by atoms with Crippen LogP contribution in [0.3, 0.4) is 0 Å². The van der Waals surface area contributed by atoms with E-state index in [1.54, 1.807) is 24.3 Å². The normalized spacial score (nSPS) is 14.4. The van der Waals surface area contributed by atoms with E-state index in [1.807, 2.05) is 41.5 Å². The summed E-state index contributed by atoms with van der Waals surface area (Å²) in [7, 11) is 0. The lowest BCUT2D eigenvalue weighted by molar-refractivity contribution is -0.0193. The monoisotopic (exact) mass is 432 g/mol. The fraction of sp³-hybridized carbons (Fsp3) is 0.500. The number of ether oxygens (including phenoxy) is 1. The van der Waals surface area contributed by atoms with E-state index in [1.165, 1.54) is 12.1 Å². The predicted octanol–water partition coefficient (Wildman–Crippen LogP) is 4.08. The molecule has 0 fully saturated rings. The van der Waals surface area contributed by atoms with Crippen molar-refractivity contribution in [1.29, 1.82) is 0 Å². The maximum atomic E-state index is 9.99. The zero-order chi connectivity index (χ0) is 23.4. The third-order valence-corrected chi connectivity index (χ3v) is 4.56. The van der Waals surface area contributed by atoms with Gasteiger partial charge in [-0.3, -0.25) is 0 Å². The van der Waals surface area contributed by atoms with Crippen LogP contribution in [0.5, 0.6) is 23.0 Å². The molecule has 7 heteroatoms. The molecule has 6 N–H and O–H groups in total. The van der Waals surface area contributed by atoms with E-state index >= 15 is 0 Å². The third-order valence-electron chi connectivity index (χ3n) is 4.56. The SMILES string of the molecule is CC(C)(C)NCC(OC(CNC(C)(C)C)c1cc(O)cc(O)c1)c1cc(O)cc(O)c1. The Morgan fingerprint density at radius 3 is 1.16 bits per heavy atom. The average Bonchev–Trinajstić information content (AvgIpc) is 2.57. The maximum absolute atomic E-state index is 9.99. The number of aromatic hydroxyl groups is 4. The van der Waals surface area contributed by atoms with Crippen LogP contribution >= 0.6 is 0 Å². The van der Waals surface area contributed by atoms with E-state index < -0.39 is 12.2 Å². The zero-order valence-corrected chi connectivity index (χ0v) is 19.2. The summed E-state index contributed by atoms with van der Waals surface area (Å²) in [5, 5.41) is 46.8. The Morgan fingerprint density at radius 1 is 0.613 bits per heavy atom. The van der Waals surface area contributed by atoms with Gasteiger partial charge < -0.3 is 35.8 Å². The Labute approximate surface area is 184 Å². The molecule has 2 atom stereocenters. The standard InChI is InChI=1S/C24H36N2O5/c1-23(2,3)25-13-21(15-7-17(27)11-18(28)8-15)31-22(14-26-24(4,5)6)16-9-19(29)12-20(30)10-16/h7-12,21-22,25-30H,13-14H2,1-6H3. The molecule has 0 heterocycles. The largest absolute Gasteiger partial charge is 0.508 e. The highest BCUT2D eigenvalue weighted by Gasteiger charge is 2.25. The van der Waals surface area contributed by atoms with Gasteiger partial charge >= 0.3 is 0 Å². The van der Waals surface area contributed by atoms with Gasteiger partial charge in [-0.05, 0) is 76.9 Å². The summed E-state index contributed by atoms with van der Waals surface area (Å²) in [5.74, 6) is -0.227. The highest BCUT2D eigenvalue weighted by atomic mass is 16.5. The van der Waals surface area contributed by atoms with Crippen molar-refractivity contribution < 1.29 is 25.2 Å². The van der Waals surface area contributed by atoms with Crippen molar-refractivity contribution in [2.75, 3.05) is 13.1 Å². The van der Waals surface area contributed by atoms with Gasteiger partial charge in [0.1, 0.15) is 23.0 Å². The van der Waals surface area contributed by atoms with Gasteiger partial charge in [-0.2, -0.15) is 0 Å². The van der Waals surface area contributed by atoms with E-state index in [9.17, 15) is 20.4 Å². The van der Waals surface area contributed by atoms with Crippen LogP contribution in [0, 0.1) is 0 Å². The highest BCUT2D eigenvalue weighted by molar-refractivity contribution is 5.39. The molecule has 0 aromatic heterocycles. The third kappa shape index (κ3) is 8.65. The Kier molecular flexibility index (Phi) is 7.81. The number of phenolic OH excluding ortho intramolecular Hbond substituents is 4. The first-order chi connectivity index (χ1) is 14.2. The number of nitrogens with one attached hydrogen (secondary N) is 2. The molecule has 172 valence electrons. The lowest BCUT2D eigenvalue weighted by atomic mass is 10.0. The van der Waals surface area contributed by atoms with Gasteiger partial charge in [0.25, 0.3) is 0 Å². The van der Waals surface area contributed by atoms with Crippen LogP contribution in [0.2, 0.25) is 0 Å². The second-order valence-electron chi connectivity index (χ2n) is 9.94. The number of phenols is 4. The molecule has 31 heavy (non-hydrogen) atoms. The van der Waals surface area contributed by atoms with Crippen molar-refractivity contribution >= 4 is 0 Å². The van der Waals surface area contributed by atoms with Crippen LogP contribution in [0.15, 0.2) is 36.4 Å². The van der Waals surface area contributed by atoms with Crippen molar-refractivity contribution in [3.05, 3.63) is 47.5 Å². The summed E-state index contributed by atoms with van der Waals surface area (Å²) in [6.07, 6.45) is -1.04. The average molecular weight is 433 g/mol. The molecule has 0 radical (unpaired) electrons. The molecular formula is C24H36N2O5. The van der Waals surface area contributed by atoms with Gasteiger partial charge in [0.05, 0.1) is 12.2 Å². The molecule has 0 aliphatic rings. The van der Waals surface area contributed by atoms with Crippen molar-refractivity contribution in [1.82, 2.24) is 10.6 Å². The molecule has 0 aliphatic carbocycles. The summed E-state index contributed by atoms with van der Waals surface area (Å²) in [6, 6.07) is 8.77. The molecule has 0 saturated carbocycles. The summed E-state index contributed by atoms with van der Waals surface area (Å²) in [6.45, 7) is 13.1. The Hall–Kier alpha value is -2.48. The zero-order valence-electron chi connectivity index (χ0n) is 19.2. The van der Waals surface area contributed by atoms with Gasteiger partial charge in [-0.1, -0.05) is 0 Å². The summed E-state index contributed by atoms with van der Waals surface area (Å²) in [5.41, 5.74) is 0.866. The Balaban J connectivity index is 2.41. The van der Waals surface area contributed by atoms with Gasteiger partial charge in [0, 0.05) is 36.3 Å². The summed E-state index contributed by atoms with van der Waals surface area (Å²) < 4.78 is 6.46. The predicted molar refractivity (Wildman–Crippen MR) is 122 cm³/mol. The maximum Gasteiger partial charge on any atom is 0.119 e. The topological polar surface area (TPSA) is 114 Å². The molecule has 0 amide bonds. The first-order valence-corrected chi connectivity index (χ1v) is 10.4. The van der Waals surface area contributed by atoms with E-state index in [2.05, 4.69) is 10.6 Å². The summed E-state index contributed by atoms with van der Waals surface area (Å²) >= 11 is 0. The van der Waals surface area contributed by atoms with Crippen LogP contribution in [-0.4, -0.2) is 44.6 Å². The number of benzene rings is 2. The molecule has 7 nitrogen and oxygen atoms in total.